The second kappa shape index (κ2) is 4.49. The normalized spacial score (nSPS) is 12.8. The molecule has 0 radical (unpaired) electrons. The van der Waals surface area contributed by atoms with Crippen LogP contribution in [0.4, 0.5) is 0 Å². The summed E-state index contributed by atoms with van der Waals surface area (Å²) in [5.41, 5.74) is 2.85. The lowest BCUT2D eigenvalue weighted by Crippen LogP contribution is -2.03. The Labute approximate surface area is 125 Å². The van der Waals surface area contributed by atoms with Gasteiger partial charge in [0.05, 0.1) is 0 Å². The third-order valence-corrected chi connectivity index (χ3v) is 3.63. The first-order chi connectivity index (χ1) is 10.6. The molecule has 0 saturated carbocycles. The van der Waals surface area contributed by atoms with Crippen molar-refractivity contribution in [2.24, 2.45) is 0 Å². The number of carboxylic acids is 1. The van der Waals surface area contributed by atoms with E-state index in [0.717, 1.165) is 5.56 Å². The van der Waals surface area contributed by atoms with Crippen molar-refractivity contribution >= 4 is 11.6 Å². The molecule has 0 bridgehead atoms. The van der Waals surface area contributed by atoms with Crippen LogP contribution in [-0.4, -0.2) is 27.3 Å². The second-order valence-electron chi connectivity index (χ2n) is 5.11. The summed E-state index contributed by atoms with van der Waals surface area (Å²) in [5.74, 6) is 0.228. The maximum absolute atomic E-state index is 11.7. The van der Waals surface area contributed by atoms with Gasteiger partial charge in [0.1, 0.15) is 11.3 Å². The van der Waals surface area contributed by atoms with Gasteiger partial charge in [-0.2, -0.15) is 0 Å². The Balaban J connectivity index is 1.97. The van der Waals surface area contributed by atoms with Gasteiger partial charge in [-0.1, -0.05) is 0 Å². The molecule has 1 N–H and O–H groups in total. The topological polar surface area (TPSA) is 73.1 Å². The SMILES string of the molecule is Cc1ccn2c(C(=O)O)c(-c3ccc4c(c3)OCO4)nc2c1. The van der Waals surface area contributed by atoms with Gasteiger partial charge in [0, 0.05) is 11.8 Å². The number of aromatic nitrogens is 2. The van der Waals surface area contributed by atoms with Crippen LogP contribution in [0.5, 0.6) is 11.5 Å². The zero-order valence-electron chi connectivity index (χ0n) is 11.7. The molecule has 0 atom stereocenters. The fourth-order valence-electron chi connectivity index (χ4n) is 2.60. The van der Waals surface area contributed by atoms with Gasteiger partial charge in [0.25, 0.3) is 0 Å². The van der Waals surface area contributed by atoms with Gasteiger partial charge in [-0.05, 0) is 42.8 Å². The molecule has 0 saturated heterocycles. The Morgan fingerprint density at radius 3 is 2.86 bits per heavy atom. The van der Waals surface area contributed by atoms with Crippen LogP contribution < -0.4 is 9.47 Å². The van der Waals surface area contributed by atoms with E-state index in [1.54, 1.807) is 28.8 Å². The first-order valence-corrected chi connectivity index (χ1v) is 6.75. The van der Waals surface area contributed by atoms with E-state index in [0.29, 0.717) is 28.4 Å². The minimum absolute atomic E-state index is 0.133. The molecule has 2 aromatic heterocycles. The predicted molar refractivity (Wildman–Crippen MR) is 78.4 cm³/mol. The molecule has 3 heterocycles. The molecule has 110 valence electrons. The Hall–Kier alpha value is -3.02. The maximum atomic E-state index is 11.7. The highest BCUT2D eigenvalue weighted by molar-refractivity contribution is 5.95. The molecular weight excluding hydrogens is 284 g/mol. The van der Waals surface area contributed by atoms with Crippen LogP contribution in [0.2, 0.25) is 0 Å². The highest BCUT2D eigenvalue weighted by Crippen LogP contribution is 2.36. The number of carbonyl (C=O) groups is 1. The minimum atomic E-state index is -1.02. The van der Waals surface area contributed by atoms with E-state index in [-0.39, 0.29) is 12.5 Å². The second-order valence-corrected chi connectivity index (χ2v) is 5.11. The zero-order valence-corrected chi connectivity index (χ0v) is 11.7. The summed E-state index contributed by atoms with van der Waals surface area (Å²) in [6.07, 6.45) is 1.72. The predicted octanol–water partition coefficient (Wildman–Crippen LogP) is 2.74. The summed E-state index contributed by atoms with van der Waals surface area (Å²) in [5, 5.41) is 9.56. The number of carboxylic acid groups (broad SMARTS) is 1. The summed E-state index contributed by atoms with van der Waals surface area (Å²) in [7, 11) is 0. The molecular formula is C16H12N2O4. The Morgan fingerprint density at radius 1 is 1.23 bits per heavy atom. The smallest absolute Gasteiger partial charge is 0.355 e. The minimum Gasteiger partial charge on any atom is -0.476 e. The maximum Gasteiger partial charge on any atom is 0.355 e. The van der Waals surface area contributed by atoms with Gasteiger partial charge >= 0.3 is 5.97 Å². The van der Waals surface area contributed by atoms with Gasteiger partial charge < -0.3 is 14.6 Å². The fourth-order valence-corrected chi connectivity index (χ4v) is 2.60. The molecule has 0 amide bonds. The molecule has 1 aromatic carbocycles. The van der Waals surface area contributed by atoms with Crippen molar-refractivity contribution in [2.75, 3.05) is 6.79 Å². The number of ether oxygens (including phenoxy) is 2. The molecule has 6 nitrogen and oxygen atoms in total. The van der Waals surface area contributed by atoms with E-state index in [4.69, 9.17) is 9.47 Å². The van der Waals surface area contributed by atoms with E-state index < -0.39 is 5.97 Å². The lowest BCUT2D eigenvalue weighted by atomic mass is 10.1. The molecule has 0 aliphatic carbocycles. The molecule has 0 unspecified atom stereocenters. The Kier molecular flexibility index (Phi) is 2.59. The third-order valence-electron chi connectivity index (χ3n) is 3.63. The molecule has 0 spiro atoms. The number of fused-ring (bicyclic) bond motifs is 2. The lowest BCUT2D eigenvalue weighted by Gasteiger charge is -2.02. The highest BCUT2D eigenvalue weighted by Gasteiger charge is 2.22. The number of pyridine rings is 1. The van der Waals surface area contributed by atoms with Gasteiger partial charge in [-0.3, -0.25) is 4.40 Å². The van der Waals surface area contributed by atoms with Crippen LogP contribution in [0.15, 0.2) is 36.5 Å². The summed E-state index contributed by atoms with van der Waals surface area (Å²) >= 11 is 0. The average molecular weight is 296 g/mol. The number of rotatable bonds is 2. The molecule has 22 heavy (non-hydrogen) atoms. The average Bonchev–Trinajstić information content (AvgIpc) is 3.09. The summed E-state index contributed by atoms with van der Waals surface area (Å²) in [6, 6.07) is 9.00. The first-order valence-electron chi connectivity index (χ1n) is 6.75. The summed E-state index contributed by atoms with van der Waals surface area (Å²) in [6.45, 7) is 2.12. The van der Waals surface area contributed by atoms with Crippen molar-refractivity contribution in [2.45, 2.75) is 6.92 Å². The van der Waals surface area contributed by atoms with Gasteiger partial charge in [0.15, 0.2) is 17.2 Å². The number of aryl methyl sites for hydroxylation is 1. The number of imidazole rings is 1. The number of hydrogen-bond acceptors (Lipinski definition) is 4. The van der Waals surface area contributed by atoms with Crippen molar-refractivity contribution in [3.8, 4) is 22.8 Å². The number of nitrogens with zero attached hydrogens (tertiary/aromatic N) is 2. The van der Waals surface area contributed by atoms with E-state index in [2.05, 4.69) is 4.98 Å². The number of hydrogen-bond donors (Lipinski definition) is 1. The fraction of sp³-hybridized carbons (Fsp3) is 0.125. The molecule has 1 aliphatic rings. The van der Waals surface area contributed by atoms with Crippen molar-refractivity contribution in [1.82, 2.24) is 9.38 Å². The van der Waals surface area contributed by atoms with Crippen molar-refractivity contribution in [1.29, 1.82) is 0 Å². The van der Waals surface area contributed by atoms with Crippen molar-refractivity contribution in [3.05, 3.63) is 47.8 Å². The van der Waals surface area contributed by atoms with Gasteiger partial charge in [0.2, 0.25) is 6.79 Å². The summed E-state index contributed by atoms with van der Waals surface area (Å²) < 4.78 is 12.2. The van der Waals surface area contributed by atoms with Crippen LogP contribution in [0, 0.1) is 6.92 Å². The van der Waals surface area contributed by atoms with E-state index in [9.17, 15) is 9.90 Å². The van der Waals surface area contributed by atoms with Crippen LogP contribution in [0.3, 0.4) is 0 Å². The standard InChI is InChI=1S/C16H12N2O4/c1-9-4-5-18-13(6-9)17-14(15(18)16(19)20)10-2-3-11-12(7-10)22-8-21-11/h2-7H,8H2,1H3,(H,19,20). The van der Waals surface area contributed by atoms with Gasteiger partial charge in [-0.25, -0.2) is 9.78 Å². The van der Waals surface area contributed by atoms with Crippen LogP contribution in [-0.2, 0) is 0 Å². The largest absolute Gasteiger partial charge is 0.476 e. The van der Waals surface area contributed by atoms with Crippen LogP contribution in [0.1, 0.15) is 16.1 Å². The molecule has 6 heteroatoms. The first kappa shape index (κ1) is 12.7. The Morgan fingerprint density at radius 2 is 2.05 bits per heavy atom. The zero-order chi connectivity index (χ0) is 15.3. The number of benzene rings is 1. The molecule has 1 aliphatic heterocycles. The van der Waals surface area contributed by atoms with Crippen LogP contribution >= 0.6 is 0 Å². The monoisotopic (exact) mass is 296 g/mol. The highest BCUT2D eigenvalue weighted by atomic mass is 16.7. The third kappa shape index (κ3) is 1.81. The molecule has 4 rings (SSSR count). The lowest BCUT2D eigenvalue weighted by molar-refractivity contribution is 0.0690. The molecule has 0 fully saturated rings. The van der Waals surface area contributed by atoms with E-state index >= 15 is 0 Å². The van der Waals surface area contributed by atoms with E-state index in [1.807, 2.05) is 19.1 Å². The van der Waals surface area contributed by atoms with Gasteiger partial charge in [-0.15, -0.1) is 0 Å². The summed E-state index contributed by atoms with van der Waals surface area (Å²) in [4.78, 5) is 16.1. The molecule has 3 aromatic rings. The van der Waals surface area contributed by atoms with Crippen molar-refractivity contribution < 1.29 is 19.4 Å². The van der Waals surface area contributed by atoms with Crippen molar-refractivity contribution in [3.63, 3.8) is 0 Å². The quantitative estimate of drug-likeness (QED) is 0.787. The van der Waals surface area contributed by atoms with E-state index in [1.165, 1.54) is 0 Å². The number of aromatic carboxylic acids is 1. The Bertz CT molecular complexity index is 914. The van der Waals surface area contributed by atoms with Crippen LogP contribution in [0.25, 0.3) is 16.9 Å².